The molecule has 0 spiro atoms. The van der Waals surface area contributed by atoms with Gasteiger partial charge in [0.15, 0.2) is 4.34 Å². The summed E-state index contributed by atoms with van der Waals surface area (Å²) < 4.78 is 0.844. The van der Waals surface area contributed by atoms with Crippen LogP contribution in [-0.2, 0) is 6.54 Å². The summed E-state index contributed by atoms with van der Waals surface area (Å²) in [6, 6.07) is 7.85. The normalized spacial score (nSPS) is 16.2. The van der Waals surface area contributed by atoms with Crippen LogP contribution in [0, 0.1) is 5.92 Å². The molecule has 0 radical (unpaired) electrons. The van der Waals surface area contributed by atoms with E-state index in [2.05, 4.69) is 27.3 Å². The smallest absolute Gasteiger partial charge is 0.257 e. The number of benzene rings is 1. The molecule has 128 valence electrons. The Kier molecular flexibility index (Phi) is 5.86. The second-order valence-electron chi connectivity index (χ2n) is 6.19. The SMILES string of the molecule is CSc1nnc(NC(=O)c2ccc(CN3CCC(C)CC3)cc2)s1. The van der Waals surface area contributed by atoms with Crippen molar-refractivity contribution in [1.82, 2.24) is 15.1 Å². The Morgan fingerprint density at radius 2 is 2.00 bits per heavy atom. The molecule has 0 unspecified atom stereocenters. The fraction of sp³-hybridized carbons (Fsp3) is 0.471. The third-order valence-electron chi connectivity index (χ3n) is 4.30. The molecule has 1 aromatic carbocycles. The molecule has 1 fully saturated rings. The fourth-order valence-electron chi connectivity index (χ4n) is 2.75. The lowest BCUT2D eigenvalue weighted by atomic mass is 9.99. The van der Waals surface area contributed by atoms with Gasteiger partial charge in [-0.1, -0.05) is 42.2 Å². The largest absolute Gasteiger partial charge is 0.299 e. The molecule has 0 aliphatic carbocycles. The Bertz CT molecular complexity index is 678. The molecule has 1 aromatic heterocycles. The first kappa shape index (κ1) is 17.4. The number of aromatic nitrogens is 2. The van der Waals surface area contributed by atoms with E-state index >= 15 is 0 Å². The van der Waals surface area contributed by atoms with Gasteiger partial charge in [0, 0.05) is 12.1 Å². The van der Waals surface area contributed by atoms with E-state index in [0.717, 1.165) is 29.9 Å². The number of anilines is 1. The number of likely N-dealkylation sites (tertiary alicyclic amines) is 1. The van der Waals surface area contributed by atoms with Crippen molar-refractivity contribution in [2.45, 2.75) is 30.6 Å². The predicted octanol–water partition coefficient (Wildman–Crippen LogP) is 3.74. The summed E-state index contributed by atoms with van der Waals surface area (Å²) in [5.41, 5.74) is 1.90. The van der Waals surface area contributed by atoms with Gasteiger partial charge < -0.3 is 0 Å². The minimum Gasteiger partial charge on any atom is -0.299 e. The molecule has 1 aliphatic rings. The van der Waals surface area contributed by atoms with E-state index in [4.69, 9.17) is 0 Å². The van der Waals surface area contributed by atoms with Crippen molar-refractivity contribution in [3.05, 3.63) is 35.4 Å². The highest BCUT2D eigenvalue weighted by molar-refractivity contribution is 8.00. The average molecular weight is 363 g/mol. The summed E-state index contributed by atoms with van der Waals surface area (Å²) in [5, 5.41) is 11.3. The molecule has 5 nitrogen and oxygen atoms in total. The first-order valence-corrected chi connectivity index (χ1v) is 10.2. The van der Waals surface area contributed by atoms with Gasteiger partial charge in [-0.05, 0) is 55.8 Å². The summed E-state index contributed by atoms with van der Waals surface area (Å²) >= 11 is 2.90. The van der Waals surface area contributed by atoms with Crippen LogP contribution in [0.5, 0.6) is 0 Å². The highest BCUT2D eigenvalue weighted by Crippen LogP contribution is 2.23. The summed E-state index contributed by atoms with van der Waals surface area (Å²) in [4.78, 5) is 14.7. The molecule has 2 aromatic rings. The molecular formula is C17H22N4OS2. The number of piperidine rings is 1. The number of hydrogen-bond acceptors (Lipinski definition) is 6. The van der Waals surface area contributed by atoms with Crippen LogP contribution in [0.2, 0.25) is 0 Å². The number of thioether (sulfide) groups is 1. The van der Waals surface area contributed by atoms with Crippen LogP contribution in [0.15, 0.2) is 28.6 Å². The molecule has 0 atom stereocenters. The van der Waals surface area contributed by atoms with Gasteiger partial charge in [-0.15, -0.1) is 10.2 Å². The molecule has 1 aliphatic heterocycles. The van der Waals surface area contributed by atoms with Crippen LogP contribution in [0.25, 0.3) is 0 Å². The van der Waals surface area contributed by atoms with Crippen molar-refractivity contribution in [1.29, 1.82) is 0 Å². The third kappa shape index (κ3) is 4.55. The Morgan fingerprint density at radius 1 is 1.29 bits per heavy atom. The van der Waals surface area contributed by atoms with Crippen LogP contribution in [0.3, 0.4) is 0 Å². The number of hydrogen-bond donors (Lipinski definition) is 1. The second kappa shape index (κ2) is 8.09. The topological polar surface area (TPSA) is 58.1 Å². The Labute approximate surface area is 150 Å². The van der Waals surface area contributed by atoms with Gasteiger partial charge in [0.2, 0.25) is 5.13 Å². The molecule has 7 heteroatoms. The maximum atomic E-state index is 12.3. The minimum absolute atomic E-state index is 0.142. The predicted molar refractivity (Wildman–Crippen MR) is 99.8 cm³/mol. The number of nitrogens with zero attached hydrogens (tertiary/aromatic N) is 3. The molecule has 1 amide bonds. The lowest BCUT2D eigenvalue weighted by molar-refractivity contribution is 0.102. The maximum Gasteiger partial charge on any atom is 0.257 e. The lowest BCUT2D eigenvalue weighted by Crippen LogP contribution is -2.32. The van der Waals surface area contributed by atoms with Gasteiger partial charge in [-0.3, -0.25) is 15.0 Å². The summed E-state index contributed by atoms with van der Waals surface area (Å²) in [6.07, 6.45) is 4.49. The van der Waals surface area contributed by atoms with Crippen molar-refractivity contribution < 1.29 is 4.79 Å². The van der Waals surface area contributed by atoms with Crippen LogP contribution >= 0.6 is 23.1 Å². The van der Waals surface area contributed by atoms with E-state index < -0.39 is 0 Å². The number of amides is 1. The van der Waals surface area contributed by atoms with Gasteiger partial charge in [0.1, 0.15) is 0 Å². The second-order valence-corrected chi connectivity index (χ2v) is 8.22. The van der Waals surface area contributed by atoms with Crippen LogP contribution < -0.4 is 5.32 Å². The first-order chi connectivity index (χ1) is 11.6. The molecule has 0 saturated carbocycles. The Hall–Kier alpha value is -1.44. The van der Waals surface area contributed by atoms with Crippen molar-refractivity contribution >= 4 is 34.1 Å². The zero-order valence-electron chi connectivity index (χ0n) is 14.0. The molecule has 2 heterocycles. The molecule has 1 N–H and O–H groups in total. The Morgan fingerprint density at radius 3 is 2.62 bits per heavy atom. The van der Waals surface area contributed by atoms with Gasteiger partial charge in [0.05, 0.1) is 0 Å². The van der Waals surface area contributed by atoms with Crippen molar-refractivity contribution in [2.75, 3.05) is 24.7 Å². The third-order valence-corrected chi connectivity index (χ3v) is 6.11. The quantitative estimate of drug-likeness (QED) is 0.648. The monoisotopic (exact) mass is 362 g/mol. The summed E-state index contributed by atoms with van der Waals surface area (Å²) in [7, 11) is 0. The average Bonchev–Trinajstić information content (AvgIpc) is 3.05. The van der Waals surface area contributed by atoms with Gasteiger partial charge in [-0.25, -0.2) is 0 Å². The van der Waals surface area contributed by atoms with Gasteiger partial charge >= 0.3 is 0 Å². The number of carbonyl (C=O) groups is 1. The van der Waals surface area contributed by atoms with Crippen molar-refractivity contribution in [3.63, 3.8) is 0 Å². The van der Waals surface area contributed by atoms with Gasteiger partial charge in [0.25, 0.3) is 5.91 Å². The number of nitrogens with one attached hydrogen (secondary N) is 1. The van der Waals surface area contributed by atoms with Crippen LogP contribution in [0.1, 0.15) is 35.7 Å². The molecule has 1 saturated heterocycles. The van der Waals surface area contributed by atoms with E-state index in [0.29, 0.717) is 10.7 Å². The number of rotatable bonds is 5. The highest BCUT2D eigenvalue weighted by atomic mass is 32.2. The summed E-state index contributed by atoms with van der Waals surface area (Å²) in [6.45, 7) is 5.61. The Balaban J connectivity index is 1.56. The minimum atomic E-state index is -0.142. The van der Waals surface area contributed by atoms with E-state index in [9.17, 15) is 4.79 Å². The molecule has 3 rings (SSSR count). The van der Waals surface area contributed by atoms with Crippen LogP contribution in [0.4, 0.5) is 5.13 Å². The standard InChI is InChI=1S/C17H22N4OS2/c1-12-7-9-21(10-8-12)11-13-3-5-14(6-4-13)15(22)18-16-19-20-17(23-2)24-16/h3-6,12H,7-11H2,1-2H3,(H,18,19,22). The van der Waals surface area contributed by atoms with E-state index in [1.165, 1.54) is 41.5 Å². The molecular weight excluding hydrogens is 340 g/mol. The maximum absolute atomic E-state index is 12.3. The van der Waals surface area contributed by atoms with Crippen molar-refractivity contribution in [3.8, 4) is 0 Å². The first-order valence-electron chi connectivity index (χ1n) is 8.14. The van der Waals surface area contributed by atoms with E-state index in [1.807, 2.05) is 30.5 Å². The lowest BCUT2D eigenvalue weighted by Gasteiger charge is -2.30. The van der Waals surface area contributed by atoms with Gasteiger partial charge in [-0.2, -0.15) is 0 Å². The fourth-order valence-corrected chi connectivity index (χ4v) is 3.92. The molecule has 24 heavy (non-hydrogen) atoms. The highest BCUT2D eigenvalue weighted by Gasteiger charge is 2.16. The number of carbonyl (C=O) groups excluding carboxylic acids is 1. The zero-order valence-corrected chi connectivity index (χ0v) is 15.6. The molecule has 0 bridgehead atoms. The summed E-state index contributed by atoms with van der Waals surface area (Å²) in [5.74, 6) is 0.705. The van der Waals surface area contributed by atoms with Crippen molar-refractivity contribution in [2.24, 2.45) is 5.92 Å². The van der Waals surface area contributed by atoms with Crippen LogP contribution in [-0.4, -0.2) is 40.3 Å². The zero-order chi connectivity index (χ0) is 16.9. The van der Waals surface area contributed by atoms with E-state index in [1.54, 1.807) is 0 Å². The van der Waals surface area contributed by atoms with E-state index in [-0.39, 0.29) is 5.91 Å².